The van der Waals surface area contributed by atoms with Gasteiger partial charge in [-0.05, 0) is 34.6 Å². The molecule has 0 aliphatic heterocycles. The predicted octanol–water partition coefficient (Wildman–Crippen LogP) is 1.55. The maximum Gasteiger partial charge on any atom is 0.0965 e. The van der Waals surface area contributed by atoms with Gasteiger partial charge in [0.25, 0.3) is 0 Å². The lowest BCUT2D eigenvalue weighted by Gasteiger charge is -2.17. The number of nitrogens with one attached hydrogen (secondary N) is 1. The Hall–Kier alpha value is -0.940. The second-order valence-corrected chi connectivity index (χ2v) is 5.42. The number of rotatable bonds is 6. The molecule has 98 valence electrons. The molecule has 1 rings (SSSR count). The molecule has 0 atom stereocenters. The maximum atomic E-state index is 5.44. The molecule has 0 spiro atoms. The Labute approximate surface area is 104 Å². The Morgan fingerprint density at radius 2 is 2.12 bits per heavy atom. The van der Waals surface area contributed by atoms with Gasteiger partial charge < -0.3 is 10.1 Å². The van der Waals surface area contributed by atoms with Gasteiger partial charge >= 0.3 is 0 Å². The minimum absolute atomic E-state index is 0.00793. The molecule has 1 heterocycles. The molecule has 5 heteroatoms. The van der Waals surface area contributed by atoms with Gasteiger partial charge in [-0.3, -0.25) is 0 Å². The van der Waals surface area contributed by atoms with Crippen LogP contribution in [0.25, 0.3) is 0 Å². The van der Waals surface area contributed by atoms with E-state index in [1.165, 1.54) is 0 Å². The number of aromatic nitrogens is 3. The fraction of sp³-hybridized carbons (Fsp3) is 0.833. The Morgan fingerprint density at radius 3 is 2.65 bits per heavy atom. The standard InChI is InChI=1S/C12H24N4O/c1-10(2)17-7-6-13-8-11-9-16(15-14-11)12(3,4)5/h9-10,13H,6-8H2,1-5H3. The van der Waals surface area contributed by atoms with Gasteiger partial charge in [-0.1, -0.05) is 5.21 Å². The SMILES string of the molecule is CC(C)OCCNCc1cn(C(C)(C)C)nn1. The second-order valence-electron chi connectivity index (χ2n) is 5.42. The zero-order valence-electron chi connectivity index (χ0n) is 11.5. The summed E-state index contributed by atoms with van der Waals surface area (Å²) < 4.78 is 7.32. The van der Waals surface area contributed by atoms with Crippen LogP contribution in [0.5, 0.6) is 0 Å². The van der Waals surface area contributed by atoms with Crippen molar-refractivity contribution in [2.24, 2.45) is 0 Å². The predicted molar refractivity (Wildman–Crippen MR) is 67.8 cm³/mol. The summed E-state index contributed by atoms with van der Waals surface area (Å²) in [6.07, 6.45) is 2.27. The molecule has 0 fully saturated rings. The monoisotopic (exact) mass is 240 g/mol. The number of nitrogens with zero attached hydrogens (tertiary/aromatic N) is 3. The highest BCUT2D eigenvalue weighted by atomic mass is 16.5. The van der Waals surface area contributed by atoms with Gasteiger partial charge in [-0.2, -0.15) is 0 Å². The summed E-state index contributed by atoms with van der Waals surface area (Å²) in [4.78, 5) is 0. The molecule has 0 saturated carbocycles. The Bertz CT molecular complexity index is 327. The molecule has 0 radical (unpaired) electrons. The molecule has 1 aromatic rings. The smallest absolute Gasteiger partial charge is 0.0965 e. The first-order valence-corrected chi connectivity index (χ1v) is 6.13. The van der Waals surface area contributed by atoms with Crippen LogP contribution in [0.4, 0.5) is 0 Å². The number of ether oxygens (including phenoxy) is 1. The fourth-order valence-electron chi connectivity index (χ4n) is 1.29. The topological polar surface area (TPSA) is 52.0 Å². The lowest BCUT2D eigenvalue weighted by molar-refractivity contribution is 0.0806. The summed E-state index contributed by atoms with van der Waals surface area (Å²) in [5.74, 6) is 0. The highest BCUT2D eigenvalue weighted by Gasteiger charge is 2.14. The molecule has 0 amide bonds. The van der Waals surface area contributed by atoms with Gasteiger partial charge in [0.15, 0.2) is 0 Å². The van der Waals surface area contributed by atoms with Crippen molar-refractivity contribution in [1.82, 2.24) is 20.3 Å². The molecule has 0 unspecified atom stereocenters. The minimum atomic E-state index is -0.00793. The van der Waals surface area contributed by atoms with Gasteiger partial charge in [0.05, 0.1) is 30.1 Å². The molecule has 5 nitrogen and oxygen atoms in total. The lowest BCUT2D eigenvalue weighted by atomic mass is 10.1. The molecule has 0 aromatic carbocycles. The van der Waals surface area contributed by atoms with E-state index in [2.05, 4.69) is 36.4 Å². The van der Waals surface area contributed by atoms with E-state index in [9.17, 15) is 0 Å². The average molecular weight is 240 g/mol. The summed E-state index contributed by atoms with van der Waals surface area (Å²) in [5, 5.41) is 11.5. The van der Waals surface area contributed by atoms with Crippen LogP contribution in [0, 0.1) is 0 Å². The molecule has 1 N–H and O–H groups in total. The third kappa shape index (κ3) is 5.28. The maximum absolute atomic E-state index is 5.44. The summed E-state index contributed by atoms with van der Waals surface area (Å²) >= 11 is 0. The normalized spacial score (nSPS) is 12.4. The number of hydrogen-bond donors (Lipinski definition) is 1. The molecule has 0 bridgehead atoms. The second kappa shape index (κ2) is 6.12. The van der Waals surface area contributed by atoms with E-state index in [1.54, 1.807) is 0 Å². The largest absolute Gasteiger partial charge is 0.377 e. The van der Waals surface area contributed by atoms with Crippen molar-refractivity contribution in [3.8, 4) is 0 Å². The third-order valence-corrected chi connectivity index (χ3v) is 2.26. The average Bonchev–Trinajstić information content (AvgIpc) is 2.64. The van der Waals surface area contributed by atoms with Gasteiger partial charge in [0.1, 0.15) is 0 Å². The third-order valence-electron chi connectivity index (χ3n) is 2.26. The van der Waals surface area contributed by atoms with Gasteiger partial charge in [0, 0.05) is 13.1 Å². The highest BCUT2D eigenvalue weighted by molar-refractivity contribution is 4.93. The van der Waals surface area contributed by atoms with E-state index in [4.69, 9.17) is 4.74 Å². The molecule has 0 aliphatic rings. The molecular formula is C12H24N4O. The van der Waals surface area contributed by atoms with E-state index in [0.717, 1.165) is 25.4 Å². The minimum Gasteiger partial charge on any atom is -0.377 e. The first-order chi connectivity index (χ1) is 7.89. The van der Waals surface area contributed by atoms with E-state index >= 15 is 0 Å². The van der Waals surface area contributed by atoms with Crippen LogP contribution in [0.15, 0.2) is 6.20 Å². The van der Waals surface area contributed by atoms with Gasteiger partial charge in [0.2, 0.25) is 0 Å². The molecule has 0 saturated heterocycles. The van der Waals surface area contributed by atoms with Gasteiger partial charge in [-0.25, -0.2) is 4.68 Å². The van der Waals surface area contributed by atoms with Crippen LogP contribution < -0.4 is 5.32 Å². The fourth-order valence-corrected chi connectivity index (χ4v) is 1.29. The first kappa shape index (κ1) is 14.1. The Balaban J connectivity index is 2.26. The molecule has 17 heavy (non-hydrogen) atoms. The van der Waals surface area contributed by atoms with Crippen molar-refractivity contribution in [1.29, 1.82) is 0 Å². The van der Waals surface area contributed by atoms with Gasteiger partial charge in [-0.15, -0.1) is 5.10 Å². The first-order valence-electron chi connectivity index (χ1n) is 6.13. The zero-order chi connectivity index (χ0) is 12.9. The van der Waals surface area contributed by atoms with E-state index in [-0.39, 0.29) is 5.54 Å². The Morgan fingerprint density at radius 1 is 1.41 bits per heavy atom. The van der Waals surface area contributed by atoms with Crippen molar-refractivity contribution in [2.75, 3.05) is 13.2 Å². The van der Waals surface area contributed by atoms with Crippen LogP contribution in [0.3, 0.4) is 0 Å². The van der Waals surface area contributed by atoms with Crippen molar-refractivity contribution in [3.05, 3.63) is 11.9 Å². The van der Waals surface area contributed by atoms with E-state index in [0.29, 0.717) is 6.10 Å². The van der Waals surface area contributed by atoms with Crippen LogP contribution >= 0.6 is 0 Å². The molecule has 0 aliphatic carbocycles. The van der Waals surface area contributed by atoms with E-state index < -0.39 is 0 Å². The molecular weight excluding hydrogens is 216 g/mol. The quantitative estimate of drug-likeness (QED) is 0.766. The van der Waals surface area contributed by atoms with Crippen molar-refractivity contribution in [3.63, 3.8) is 0 Å². The Kier molecular flexibility index (Phi) is 5.08. The summed E-state index contributed by atoms with van der Waals surface area (Å²) in [5.41, 5.74) is 0.955. The zero-order valence-corrected chi connectivity index (χ0v) is 11.5. The van der Waals surface area contributed by atoms with Crippen LogP contribution in [-0.2, 0) is 16.8 Å². The van der Waals surface area contributed by atoms with Crippen LogP contribution in [0.2, 0.25) is 0 Å². The lowest BCUT2D eigenvalue weighted by Crippen LogP contribution is -2.22. The van der Waals surface area contributed by atoms with Crippen LogP contribution in [-0.4, -0.2) is 34.2 Å². The van der Waals surface area contributed by atoms with Crippen molar-refractivity contribution in [2.45, 2.75) is 52.8 Å². The van der Waals surface area contributed by atoms with Crippen LogP contribution in [0.1, 0.15) is 40.3 Å². The van der Waals surface area contributed by atoms with E-state index in [1.807, 2.05) is 24.7 Å². The van der Waals surface area contributed by atoms with Crippen molar-refractivity contribution >= 4 is 0 Å². The molecule has 1 aromatic heterocycles. The highest BCUT2D eigenvalue weighted by Crippen LogP contribution is 2.11. The van der Waals surface area contributed by atoms with Crippen molar-refractivity contribution < 1.29 is 4.74 Å². The summed E-state index contributed by atoms with van der Waals surface area (Å²) in [6, 6.07) is 0. The number of hydrogen-bond acceptors (Lipinski definition) is 4. The summed E-state index contributed by atoms with van der Waals surface area (Å²) in [7, 11) is 0. The summed E-state index contributed by atoms with van der Waals surface area (Å²) in [6.45, 7) is 12.7.